The first kappa shape index (κ1) is 34.3. The highest BCUT2D eigenvalue weighted by atomic mass is 16.4. The van der Waals surface area contributed by atoms with Crippen molar-refractivity contribution >= 4 is 17.9 Å². The van der Waals surface area contributed by atoms with Crippen LogP contribution in [-0.2, 0) is 14.4 Å². The molecule has 1 unspecified atom stereocenters. The van der Waals surface area contributed by atoms with E-state index in [1.165, 1.54) is 101 Å². The minimum absolute atomic E-state index is 0.233. The fraction of sp³-hybridized carbons (Fsp3) is 0.893. The third-order valence-electron chi connectivity index (χ3n) is 6.74. The Labute approximate surface area is 219 Å². The maximum Gasteiger partial charge on any atom is 0.317 e. The van der Waals surface area contributed by atoms with Crippen LogP contribution in [0.25, 0.3) is 0 Å². The Morgan fingerprint density at radius 3 is 1.28 bits per heavy atom. The zero-order chi connectivity index (χ0) is 26.9. The minimum atomic E-state index is -1.09. The third-order valence-corrected chi connectivity index (χ3v) is 6.74. The van der Waals surface area contributed by atoms with Crippen LogP contribution in [0.2, 0.25) is 0 Å². The van der Waals surface area contributed by atoms with Crippen LogP contribution in [0.1, 0.15) is 129 Å². The summed E-state index contributed by atoms with van der Waals surface area (Å²) in [5, 5.41) is 29.9. The molecule has 0 spiro atoms. The molecule has 0 aliphatic heterocycles. The van der Waals surface area contributed by atoms with E-state index in [-0.39, 0.29) is 32.2 Å². The summed E-state index contributed by atoms with van der Waals surface area (Å²) in [4.78, 5) is 34.5. The number of rotatable bonds is 28. The molecule has 8 heteroatoms. The summed E-state index contributed by atoms with van der Waals surface area (Å²) in [7, 11) is 0. The van der Waals surface area contributed by atoms with Gasteiger partial charge in [0.25, 0.3) is 0 Å². The molecule has 0 radical (unpaired) electrons. The molecule has 0 aromatic heterocycles. The number of nitrogens with one attached hydrogen (secondary N) is 1. The third kappa shape index (κ3) is 24.0. The molecule has 212 valence electrons. The zero-order valence-electron chi connectivity index (χ0n) is 22.9. The topological polar surface area (TPSA) is 127 Å². The summed E-state index contributed by atoms with van der Waals surface area (Å²) in [6.45, 7) is 1.54. The maximum absolute atomic E-state index is 11.2. The van der Waals surface area contributed by atoms with Crippen molar-refractivity contribution in [1.29, 1.82) is 0 Å². The van der Waals surface area contributed by atoms with Crippen molar-refractivity contribution in [3.05, 3.63) is 0 Å². The van der Waals surface area contributed by atoms with Crippen molar-refractivity contribution in [2.45, 2.75) is 135 Å². The van der Waals surface area contributed by atoms with Gasteiger partial charge in [-0.05, 0) is 6.42 Å². The minimum Gasteiger partial charge on any atom is -0.480 e. The molecular formula is C28H54N2O6. The smallest absolute Gasteiger partial charge is 0.317 e. The lowest BCUT2D eigenvalue weighted by Crippen LogP contribution is -2.47. The summed E-state index contributed by atoms with van der Waals surface area (Å²) in [5.41, 5.74) is 0. The monoisotopic (exact) mass is 514 g/mol. The molecular weight excluding hydrogens is 460 g/mol. The van der Waals surface area contributed by atoms with Crippen molar-refractivity contribution < 1.29 is 29.7 Å². The predicted octanol–water partition coefficient (Wildman–Crippen LogP) is 5.93. The van der Waals surface area contributed by atoms with Crippen LogP contribution in [-0.4, -0.2) is 70.3 Å². The summed E-state index contributed by atoms with van der Waals surface area (Å²) < 4.78 is 0. The first-order valence-corrected chi connectivity index (χ1v) is 14.5. The van der Waals surface area contributed by atoms with Crippen LogP contribution in [0.3, 0.4) is 0 Å². The van der Waals surface area contributed by atoms with E-state index in [0.717, 1.165) is 19.3 Å². The predicted molar refractivity (Wildman–Crippen MR) is 145 cm³/mol. The van der Waals surface area contributed by atoms with Crippen molar-refractivity contribution in [3.8, 4) is 0 Å². The second kappa shape index (κ2) is 25.0. The van der Waals surface area contributed by atoms with Gasteiger partial charge in [0.1, 0.15) is 0 Å². The zero-order valence-corrected chi connectivity index (χ0v) is 22.9. The van der Waals surface area contributed by atoms with Gasteiger partial charge in [0, 0.05) is 12.6 Å². The second-order valence-corrected chi connectivity index (χ2v) is 10.2. The normalized spacial score (nSPS) is 12.2. The summed E-state index contributed by atoms with van der Waals surface area (Å²) in [6, 6.07) is -0.322. The molecule has 0 saturated heterocycles. The quantitative estimate of drug-likeness (QED) is 0.0946. The molecule has 36 heavy (non-hydrogen) atoms. The number of hydrogen-bond acceptors (Lipinski definition) is 5. The van der Waals surface area contributed by atoms with Gasteiger partial charge >= 0.3 is 17.9 Å². The molecule has 0 aromatic carbocycles. The van der Waals surface area contributed by atoms with E-state index in [1.807, 2.05) is 0 Å². The lowest BCUT2D eigenvalue weighted by molar-refractivity contribution is -0.143. The van der Waals surface area contributed by atoms with E-state index in [2.05, 4.69) is 12.2 Å². The summed E-state index contributed by atoms with van der Waals surface area (Å²) in [6.07, 6.45) is 23.9. The van der Waals surface area contributed by atoms with Crippen LogP contribution in [0.4, 0.5) is 0 Å². The number of nitrogens with zero attached hydrogens (tertiary/aromatic N) is 1. The van der Waals surface area contributed by atoms with Gasteiger partial charge in [0.15, 0.2) is 0 Å². The van der Waals surface area contributed by atoms with Crippen molar-refractivity contribution in [1.82, 2.24) is 10.2 Å². The molecule has 0 fully saturated rings. The Morgan fingerprint density at radius 2 is 0.944 bits per heavy atom. The van der Waals surface area contributed by atoms with E-state index in [4.69, 9.17) is 15.3 Å². The standard InChI is InChI=1S/C28H54N2O6/c1-2-3-4-5-6-7-8-9-10-11-12-13-14-15-16-17-18-19-20-25(21-29-22-26(31)32)30(23-27(33)34)24-28(35)36/h25,29H,2-24H2,1H3,(H,31,32)(H,33,34)(H,35,36). The number of carboxylic acids is 3. The summed E-state index contributed by atoms with van der Waals surface area (Å²) in [5.74, 6) is -3.17. The van der Waals surface area contributed by atoms with Crippen LogP contribution in [0.15, 0.2) is 0 Å². The fourth-order valence-electron chi connectivity index (χ4n) is 4.70. The van der Waals surface area contributed by atoms with Crippen molar-refractivity contribution in [2.24, 2.45) is 0 Å². The van der Waals surface area contributed by atoms with Gasteiger partial charge < -0.3 is 20.6 Å². The maximum atomic E-state index is 11.2. The van der Waals surface area contributed by atoms with Gasteiger partial charge in [-0.3, -0.25) is 19.3 Å². The number of carbonyl (C=O) groups is 3. The highest BCUT2D eigenvalue weighted by Crippen LogP contribution is 2.16. The van der Waals surface area contributed by atoms with E-state index in [9.17, 15) is 14.4 Å². The average Bonchev–Trinajstić information content (AvgIpc) is 2.81. The Bertz CT molecular complexity index is 542. The van der Waals surface area contributed by atoms with Crippen LogP contribution in [0, 0.1) is 0 Å². The SMILES string of the molecule is CCCCCCCCCCCCCCCCCCCCC(CNCC(=O)O)N(CC(=O)O)CC(=O)O. The second-order valence-electron chi connectivity index (χ2n) is 10.2. The molecule has 4 N–H and O–H groups in total. The van der Waals surface area contributed by atoms with Gasteiger partial charge in [-0.1, -0.05) is 122 Å². The first-order chi connectivity index (χ1) is 17.4. The largest absolute Gasteiger partial charge is 0.480 e. The molecule has 0 saturated carbocycles. The fourth-order valence-corrected chi connectivity index (χ4v) is 4.70. The van der Waals surface area contributed by atoms with Gasteiger partial charge in [-0.2, -0.15) is 0 Å². The lowest BCUT2D eigenvalue weighted by atomic mass is 10.0. The van der Waals surface area contributed by atoms with E-state index < -0.39 is 17.9 Å². The molecule has 0 aliphatic carbocycles. The van der Waals surface area contributed by atoms with Crippen molar-refractivity contribution in [3.63, 3.8) is 0 Å². The lowest BCUT2D eigenvalue weighted by Gasteiger charge is -2.29. The average molecular weight is 515 g/mol. The Hall–Kier alpha value is -1.67. The van der Waals surface area contributed by atoms with E-state index >= 15 is 0 Å². The Balaban J connectivity index is 3.85. The van der Waals surface area contributed by atoms with Gasteiger partial charge in [0.2, 0.25) is 0 Å². The highest BCUT2D eigenvalue weighted by Gasteiger charge is 2.23. The van der Waals surface area contributed by atoms with E-state index in [1.54, 1.807) is 0 Å². The Kier molecular flexibility index (Phi) is 23.8. The molecule has 0 aliphatic rings. The molecule has 0 aromatic rings. The van der Waals surface area contributed by atoms with Crippen LogP contribution >= 0.6 is 0 Å². The number of hydrogen-bond donors (Lipinski definition) is 4. The number of carboxylic acid groups (broad SMARTS) is 3. The molecule has 1 atom stereocenters. The highest BCUT2D eigenvalue weighted by molar-refractivity contribution is 5.72. The summed E-state index contributed by atoms with van der Waals surface area (Å²) >= 11 is 0. The molecule has 0 bridgehead atoms. The molecule has 8 nitrogen and oxygen atoms in total. The molecule has 0 amide bonds. The first-order valence-electron chi connectivity index (χ1n) is 14.5. The number of aliphatic carboxylic acids is 3. The van der Waals surface area contributed by atoms with Gasteiger partial charge in [0.05, 0.1) is 19.6 Å². The van der Waals surface area contributed by atoms with Gasteiger partial charge in [-0.25, -0.2) is 0 Å². The number of unbranched alkanes of at least 4 members (excludes halogenated alkanes) is 17. The van der Waals surface area contributed by atoms with E-state index in [0.29, 0.717) is 6.42 Å². The molecule has 0 rings (SSSR count). The Morgan fingerprint density at radius 1 is 0.583 bits per heavy atom. The molecule has 0 heterocycles. The van der Waals surface area contributed by atoms with Crippen LogP contribution in [0.5, 0.6) is 0 Å². The van der Waals surface area contributed by atoms with Gasteiger partial charge in [-0.15, -0.1) is 0 Å². The van der Waals surface area contributed by atoms with Crippen molar-refractivity contribution in [2.75, 3.05) is 26.2 Å². The van der Waals surface area contributed by atoms with Crippen LogP contribution < -0.4 is 5.32 Å².